The lowest BCUT2D eigenvalue weighted by Crippen LogP contribution is -1.99. The standard InChI is InChI=1S/C10H9FNO2/c1-3-7(2)9-6-8(11)4-5-10(9)12(13)14/h3-6H,1H2,2H3. The lowest BCUT2D eigenvalue weighted by molar-refractivity contribution is -0.385. The molecule has 0 saturated carbocycles. The Hall–Kier alpha value is -1.71. The highest BCUT2D eigenvalue weighted by Gasteiger charge is 2.17. The minimum absolute atomic E-state index is 0.108. The van der Waals surface area contributed by atoms with Crippen molar-refractivity contribution in [1.29, 1.82) is 0 Å². The number of benzene rings is 1. The maximum Gasteiger partial charge on any atom is 0.273 e. The molecule has 3 nitrogen and oxygen atoms in total. The zero-order chi connectivity index (χ0) is 10.7. The monoisotopic (exact) mass is 194 g/mol. The van der Waals surface area contributed by atoms with E-state index in [1.165, 1.54) is 6.08 Å². The van der Waals surface area contributed by atoms with Gasteiger partial charge in [-0.1, -0.05) is 13.0 Å². The van der Waals surface area contributed by atoms with E-state index in [9.17, 15) is 14.5 Å². The van der Waals surface area contributed by atoms with Crippen LogP contribution in [0.4, 0.5) is 10.1 Å². The molecule has 0 N–H and O–H groups in total. The molecule has 1 aromatic rings. The van der Waals surface area contributed by atoms with Gasteiger partial charge in [0.25, 0.3) is 5.69 Å². The van der Waals surface area contributed by atoms with E-state index in [1.54, 1.807) is 6.92 Å². The van der Waals surface area contributed by atoms with Crippen molar-refractivity contribution in [2.24, 2.45) is 0 Å². The van der Waals surface area contributed by atoms with Crippen LogP contribution in [0.2, 0.25) is 0 Å². The highest BCUT2D eigenvalue weighted by Crippen LogP contribution is 2.26. The smallest absolute Gasteiger partial charge is 0.258 e. The molecule has 0 saturated heterocycles. The van der Waals surface area contributed by atoms with Gasteiger partial charge in [0, 0.05) is 17.5 Å². The predicted molar refractivity (Wildman–Crippen MR) is 51.3 cm³/mol. The van der Waals surface area contributed by atoms with Crippen molar-refractivity contribution in [3.8, 4) is 0 Å². The number of rotatable bonds is 3. The van der Waals surface area contributed by atoms with Gasteiger partial charge in [-0.3, -0.25) is 10.1 Å². The molecule has 0 aliphatic carbocycles. The Kier molecular flexibility index (Phi) is 2.96. The summed E-state index contributed by atoms with van der Waals surface area (Å²) in [5, 5.41) is 10.6. The number of hydrogen-bond acceptors (Lipinski definition) is 2. The van der Waals surface area contributed by atoms with Crippen LogP contribution in [0.3, 0.4) is 0 Å². The minimum Gasteiger partial charge on any atom is -0.258 e. The van der Waals surface area contributed by atoms with Crippen molar-refractivity contribution in [1.82, 2.24) is 0 Å². The van der Waals surface area contributed by atoms with Crippen molar-refractivity contribution in [3.63, 3.8) is 0 Å². The number of hydrogen-bond donors (Lipinski definition) is 0. The van der Waals surface area contributed by atoms with E-state index in [1.807, 2.05) is 0 Å². The quantitative estimate of drug-likeness (QED) is 0.548. The minimum atomic E-state index is -0.540. The first-order chi connectivity index (χ1) is 6.56. The zero-order valence-electron chi connectivity index (χ0n) is 7.66. The van der Waals surface area contributed by atoms with Crippen LogP contribution in [-0.4, -0.2) is 4.92 Å². The molecule has 0 heterocycles. The number of nitro groups is 1. The second-order valence-corrected chi connectivity index (χ2v) is 2.81. The SMILES string of the molecule is C=C[C](C)c1cc(F)ccc1[N+](=O)[O-]. The molecule has 1 radical (unpaired) electrons. The van der Waals surface area contributed by atoms with Gasteiger partial charge >= 0.3 is 0 Å². The number of nitrogens with zero attached hydrogens (tertiary/aromatic N) is 1. The highest BCUT2D eigenvalue weighted by molar-refractivity contribution is 5.50. The molecule has 0 atom stereocenters. The van der Waals surface area contributed by atoms with Crippen LogP contribution in [0.1, 0.15) is 12.5 Å². The largest absolute Gasteiger partial charge is 0.273 e. The molecule has 0 aliphatic heterocycles. The molecule has 0 aromatic heterocycles. The van der Waals surface area contributed by atoms with Crippen molar-refractivity contribution < 1.29 is 9.31 Å². The lowest BCUT2D eigenvalue weighted by atomic mass is 9.99. The third-order valence-corrected chi connectivity index (χ3v) is 1.89. The van der Waals surface area contributed by atoms with Crippen LogP contribution in [0.5, 0.6) is 0 Å². The van der Waals surface area contributed by atoms with Gasteiger partial charge in [0.1, 0.15) is 5.82 Å². The van der Waals surface area contributed by atoms with E-state index in [2.05, 4.69) is 6.58 Å². The van der Waals surface area contributed by atoms with Gasteiger partial charge in [0.15, 0.2) is 0 Å². The summed E-state index contributed by atoms with van der Waals surface area (Å²) in [5.74, 6) is 0.0861. The van der Waals surface area contributed by atoms with E-state index in [0.29, 0.717) is 5.92 Å². The molecular weight excluding hydrogens is 185 g/mol. The summed E-state index contributed by atoms with van der Waals surface area (Å²) in [6.45, 7) is 5.13. The maximum atomic E-state index is 12.8. The summed E-state index contributed by atoms with van der Waals surface area (Å²) in [6, 6.07) is 3.35. The number of nitro benzene ring substituents is 1. The fourth-order valence-electron chi connectivity index (χ4n) is 1.09. The molecule has 0 amide bonds. The van der Waals surface area contributed by atoms with Gasteiger partial charge in [-0.05, 0) is 12.1 Å². The summed E-state index contributed by atoms with van der Waals surface area (Å²) in [4.78, 5) is 10.0. The first-order valence-electron chi connectivity index (χ1n) is 3.96. The Morgan fingerprint density at radius 1 is 1.64 bits per heavy atom. The fourth-order valence-corrected chi connectivity index (χ4v) is 1.09. The molecule has 0 unspecified atom stereocenters. The van der Waals surface area contributed by atoms with Crippen molar-refractivity contribution in [2.45, 2.75) is 6.92 Å². The van der Waals surface area contributed by atoms with Gasteiger partial charge in [0.05, 0.1) is 4.92 Å². The second-order valence-electron chi connectivity index (χ2n) is 2.81. The zero-order valence-corrected chi connectivity index (χ0v) is 7.66. The average Bonchev–Trinajstić information content (AvgIpc) is 2.16. The van der Waals surface area contributed by atoms with Crippen molar-refractivity contribution in [2.75, 3.05) is 0 Å². The molecule has 0 bridgehead atoms. The lowest BCUT2D eigenvalue weighted by Gasteiger charge is -2.05. The highest BCUT2D eigenvalue weighted by atomic mass is 19.1. The Labute approximate surface area is 81.0 Å². The predicted octanol–water partition coefficient (Wildman–Crippen LogP) is 2.86. The molecule has 0 spiro atoms. The average molecular weight is 194 g/mol. The van der Waals surface area contributed by atoms with Crippen LogP contribution in [0.15, 0.2) is 30.9 Å². The molecular formula is C10H9FNO2. The summed E-state index contributed by atoms with van der Waals surface area (Å²) in [6.07, 6.45) is 1.46. The van der Waals surface area contributed by atoms with Gasteiger partial charge in [-0.15, -0.1) is 6.58 Å². The Morgan fingerprint density at radius 3 is 2.79 bits per heavy atom. The summed E-state index contributed by atoms with van der Waals surface area (Å²) < 4.78 is 12.8. The number of allylic oxidation sites excluding steroid dienone is 1. The third kappa shape index (κ3) is 1.96. The number of halogens is 1. The Bertz CT molecular complexity index is 376. The summed E-state index contributed by atoms with van der Waals surface area (Å²) in [7, 11) is 0. The molecule has 73 valence electrons. The van der Waals surface area contributed by atoms with Crippen molar-refractivity contribution >= 4 is 5.69 Å². The van der Waals surface area contributed by atoms with Crippen LogP contribution >= 0.6 is 0 Å². The summed E-state index contributed by atoms with van der Waals surface area (Å²) in [5.41, 5.74) is 0.161. The van der Waals surface area contributed by atoms with E-state index in [-0.39, 0.29) is 11.3 Å². The van der Waals surface area contributed by atoms with E-state index in [4.69, 9.17) is 0 Å². The fraction of sp³-hybridized carbons (Fsp3) is 0.100. The molecule has 1 aromatic carbocycles. The van der Waals surface area contributed by atoms with Crippen LogP contribution < -0.4 is 0 Å². The molecule has 1 rings (SSSR count). The van der Waals surface area contributed by atoms with Gasteiger partial charge in [-0.25, -0.2) is 4.39 Å². The topological polar surface area (TPSA) is 43.1 Å². The van der Waals surface area contributed by atoms with Crippen LogP contribution in [0, 0.1) is 21.8 Å². The van der Waals surface area contributed by atoms with Crippen LogP contribution in [0.25, 0.3) is 0 Å². The molecule has 4 heteroatoms. The maximum absolute atomic E-state index is 12.8. The van der Waals surface area contributed by atoms with Gasteiger partial charge in [0.2, 0.25) is 0 Å². The normalized spacial score (nSPS) is 10.2. The molecule has 0 fully saturated rings. The van der Waals surface area contributed by atoms with Gasteiger partial charge in [-0.2, -0.15) is 0 Å². The van der Waals surface area contributed by atoms with Crippen LogP contribution in [-0.2, 0) is 0 Å². The van der Waals surface area contributed by atoms with E-state index in [0.717, 1.165) is 18.2 Å². The third-order valence-electron chi connectivity index (χ3n) is 1.89. The second kappa shape index (κ2) is 4.00. The molecule has 14 heavy (non-hydrogen) atoms. The Balaban J connectivity index is 3.29. The van der Waals surface area contributed by atoms with Crippen molar-refractivity contribution in [3.05, 3.63) is 58.3 Å². The first kappa shape index (κ1) is 10.4. The van der Waals surface area contributed by atoms with E-state index < -0.39 is 10.7 Å². The molecule has 0 aliphatic rings. The Morgan fingerprint density at radius 2 is 2.29 bits per heavy atom. The van der Waals surface area contributed by atoms with Gasteiger partial charge < -0.3 is 0 Å². The van der Waals surface area contributed by atoms with E-state index >= 15 is 0 Å². The summed E-state index contributed by atoms with van der Waals surface area (Å²) >= 11 is 0. The first-order valence-corrected chi connectivity index (χ1v) is 3.96.